The highest BCUT2D eigenvalue weighted by molar-refractivity contribution is 5.97. The number of ether oxygens (including phenoxy) is 2. The minimum absolute atomic E-state index is 0.148. The highest BCUT2D eigenvalue weighted by Crippen LogP contribution is 2.30. The lowest BCUT2D eigenvalue weighted by molar-refractivity contribution is -1.02. The molecule has 1 atom stereocenters. The number of piperazine rings is 1. The van der Waals surface area contributed by atoms with Crippen molar-refractivity contribution in [3.05, 3.63) is 53.6 Å². The summed E-state index contributed by atoms with van der Waals surface area (Å²) in [6, 6.07) is 14.2. The Labute approximate surface area is 185 Å². The first-order valence-electron chi connectivity index (χ1n) is 10.9. The van der Waals surface area contributed by atoms with Gasteiger partial charge in [0.2, 0.25) is 0 Å². The molecule has 31 heavy (non-hydrogen) atoms. The molecule has 0 aromatic heterocycles. The van der Waals surface area contributed by atoms with E-state index in [-0.39, 0.29) is 11.9 Å². The van der Waals surface area contributed by atoms with E-state index in [1.807, 2.05) is 20.2 Å². The molecule has 2 aromatic carbocycles. The van der Waals surface area contributed by atoms with Crippen LogP contribution in [0.5, 0.6) is 11.5 Å². The molecule has 7 heteroatoms. The third-order valence-corrected chi connectivity index (χ3v) is 6.16. The molecule has 1 aliphatic heterocycles. The van der Waals surface area contributed by atoms with Gasteiger partial charge in [-0.15, -0.1) is 0 Å². The summed E-state index contributed by atoms with van der Waals surface area (Å²) in [5.41, 5.74) is 2.91. The third kappa shape index (κ3) is 5.48. The Kier molecular flexibility index (Phi) is 7.76. The molecule has 1 saturated heterocycles. The highest BCUT2D eigenvalue weighted by Gasteiger charge is 2.30. The number of hydrogen-bond acceptors (Lipinski definition) is 4. The monoisotopic (exact) mass is 428 g/mol. The van der Waals surface area contributed by atoms with Gasteiger partial charge in [0, 0.05) is 25.3 Å². The summed E-state index contributed by atoms with van der Waals surface area (Å²) in [6.07, 6.45) is 0. The van der Waals surface area contributed by atoms with Gasteiger partial charge in [0.1, 0.15) is 32.2 Å². The van der Waals surface area contributed by atoms with Crippen molar-refractivity contribution in [2.45, 2.75) is 6.04 Å². The van der Waals surface area contributed by atoms with Crippen molar-refractivity contribution < 1.29 is 24.1 Å². The molecule has 0 saturated carbocycles. The van der Waals surface area contributed by atoms with E-state index in [9.17, 15) is 4.79 Å². The maximum atomic E-state index is 13.0. The molecule has 3 rings (SSSR count). The molecule has 0 aliphatic carbocycles. The van der Waals surface area contributed by atoms with E-state index in [0.29, 0.717) is 23.6 Å². The van der Waals surface area contributed by atoms with E-state index in [4.69, 9.17) is 9.47 Å². The molecular weight excluding hydrogens is 392 g/mol. The number of para-hydroxylation sites is 1. The van der Waals surface area contributed by atoms with Crippen LogP contribution in [-0.2, 0) is 0 Å². The number of methoxy groups -OCH3 is 2. The molecule has 168 valence electrons. The standard InChI is InChI=1S/C24H34N4O3/c1-26(2)19-11-9-18(10-12-19)21(28-15-13-27(3)14-16-28)17-25-24(29)20-7-6-8-22(30-4)23(20)31-5/h6-12,21H,13-17H2,1-5H3,(H,25,29)/p+2/t21-/m1/s1. The number of nitrogens with zero attached hydrogens (tertiary/aromatic N) is 1. The van der Waals surface area contributed by atoms with Crippen LogP contribution < -0.4 is 29.5 Å². The predicted octanol–water partition coefficient (Wildman–Crippen LogP) is -0.346. The number of benzene rings is 2. The smallest absolute Gasteiger partial charge is 0.255 e. The van der Waals surface area contributed by atoms with E-state index >= 15 is 0 Å². The largest absolute Gasteiger partial charge is 0.493 e. The van der Waals surface area contributed by atoms with Crippen LogP contribution in [-0.4, -0.2) is 74.0 Å². The molecule has 7 nitrogen and oxygen atoms in total. The molecule has 1 aliphatic rings. The molecule has 0 bridgehead atoms. The maximum Gasteiger partial charge on any atom is 0.255 e. The van der Waals surface area contributed by atoms with Crippen LogP contribution in [0, 0.1) is 0 Å². The number of rotatable bonds is 8. The lowest BCUT2D eigenvalue weighted by Gasteiger charge is -2.34. The normalized spacial score (nSPS) is 19.4. The van der Waals surface area contributed by atoms with Gasteiger partial charge < -0.3 is 29.5 Å². The summed E-state index contributed by atoms with van der Waals surface area (Å²) in [5.74, 6) is 0.869. The van der Waals surface area contributed by atoms with Crippen LogP contribution >= 0.6 is 0 Å². The highest BCUT2D eigenvalue weighted by atomic mass is 16.5. The van der Waals surface area contributed by atoms with Gasteiger partial charge in [-0.05, 0) is 24.3 Å². The Morgan fingerprint density at radius 3 is 2.29 bits per heavy atom. The van der Waals surface area contributed by atoms with E-state index in [1.54, 1.807) is 31.3 Å². The second-order valence-corrected chi connectivity index (χ2v) is 8.41. The molecule has 3 N–H and O–H groups in total. The first-order valence-corrected chi connectivity index (χ1v) is 10.9. The number of hydrogen-bond donors (Lipinski definition) is 3. The average molecular weight is 429 g/mol. The number of quaternary nitrogens is 2. The van der Waals surface area contributed by atoms with Crippen LogP contribution in [0.1, 0.15) is 22.0 Å². The second-order valence-electron chi connectivity index (χ2n) is 8.41. The fourth-order valence-corrected chi connectivity index (χ4v) is 4.20. The molecule has 0 radical (unpaired) electrons. The van der Waals surface area contributed by atoms with Gasteiger partial charge >= 0.3 is 0 Å². The second kappa shape index (κ2) is 10.5. The Morgan fingerprint density at radius 2 is 1.71 bits per heavy atom. The van der Waals surface area contributed by atoms with Crippen LogP contribution in [0.25, 0.3) is 0 Å². The predicted molar refractivity (Wildman–Crippen MR) is 123 cm³/mol. The quantitative estimate of drug-likeness (QED) is 0.538. The summed E-state index contributed by atoms with van der Waals surface area (Å²) in [7, 11) is 9.46. The third-order valence-electron chi connectivity index (χ3n) is 6.16. The number of anilines is 1. The fraction of sp³-hybridized carbons (Fsp3) is 0.458. The number of carbonyl (C=O) groups excluding carboxylic acids is 1. The van der Waals surface area contributed by atoms with E-state index in [0.717, 1.165) is 26.2 Å². The molecule has 0 unspecified atom stereocenters. The summed E-state index contributed by atoms with van der Waals surface area (Å²) < 4.78 is 10.8. The molecule has 2 aromatic rings. The zero-order valence-corrected chi connectivity index (χ0v) is 19.3. The van der Waals surface area contributed by atoms with Gasteiger partial charge in [-0.2, -0.15) is 0 Å². The Bertz CT molecular complexity index is 862. The van der Waals surface area contributed by atoms with E-state index < -0.39 is 0 Å². The number of amides is 1. The molecular formula is C24H36N4O3+2. The zero-order valence-electron chi connectivity index (χ0n) is 19.3. The van der Waals surface area contributed by atoms with E-state index in [1.165, 1.54) is 16.2 Å². The Morgan fingerprint density at radius 1 is 1.03 bits per heavy atom. The first-order chi connectivity index (χ1) is 14.9. The van der Waals surface area contributed by atoms with Crippen LogP contribution in [0.2, 0.25) is 0 Å². The SMILES string of the molecule is COc1cccc(C(=O)NC[C@H](c2ccc(N(C)C)cc2)[NH+]2CC[NH+](C)CC2)c1OC. The summed E-state index contributed by atoms with van der Waals surface area (Å²) >= 11 is 0. The van der Waals surface area contributed by atoms with Gasteiger partial charge in [-0.3, -0.25) is 4.79 Å². The Balaban J connectivity index is 1.79. The molecule has 1 amide bonds. The summed E-state index contributed by atoms with van der Waals surface area (Å²) in [6.45, 7) is 5.02. The number of likely N-dealkylation sites (N-methyl/N-ethyl adjacent to an activating group) is 1. The Hall–Kier alpha value is -2.77. The van der Waals surface area contributed by atoms with Crippen molar-refractivity contribution in [2.75, 3.05) is 73.0 Å². The van der Waals surface area contributed by atoms with Crippen LogP contribution in [0.4, 0.5) is 5.69 Å². The van der Waals surface area contributed by atoms with Gasteiger partial charge in [-0.1, -0.05) is 18.2 Å². The van der Waals surface area contributed by atoms with Crippen molar-refractivity contribution in [1.29, 1.82) is 0 Å². The summed E-state index contributed by atoms with van der Waals surface area (Å²) in [4.78, 5) is 18.2. The number of nitrogens with one attached hydrogen (secondary N) is 3. The van der Waals surface area contributed by atoms with Crippen LogP contribution in [0.15, 0.2) is 42.5 Å². The fourth-order valence-electron chi connectivity index (χ4n) is 4.20. The van der Waals surface area contributed by atoms with Gasteiger partial charge in [0.15, 0.2) is 11.5 Å². The molecule has 1 fully saturated rings. The molecule has 0 spiro atoms. The van der Waals surface area contributed by atoms with Gasteiger partial charge in [-0.25, -0.2) is 0 Å². The molecule has 1 heterocycles. The van der Waals surface area contributed by atoms with Crippen LogP contribution in [0.3, 0.4) is 0 Å². The topological polar surface area (TPSA) is 59.7 Å². The van der Waals surface area contributed by atoms with Crippen molar-refractivity contribution in [3.63, 3.8) is 0 Å². The lowest BCUT2D eigenvalue weighted by Crippen LogP contribution is -3.27. The van der Waals surface area contributed by atoms with Crippen molar-refractivity contribution in [1.82, 2.24) is 5.32 Å². The zero-order chi connectivity index (χ0) is 22.4. The van der Waals surface area contributed by atoms with Crippen molar-refractivity contribution in [2.24, 2.45) is 0 Å². The van der Waals surface area contributed by atoms with Crippen molar-refractivity contribution in [3.8, 4) is 11.5 Å². The maximum absolute atomic E-state index is 13.0. The minimum Gasteiger partial charge on any atom is -0.493 e. The minimum atomic E-state index is -0.148. The van der Waals surface area contributed by atoms with Gasteiger partial charge in [0.25, 0.3) is 5.91 Å². The van der Waals surface area contributed by atoms with E-state index in [2.05, 4.69) is 41.5 Å². The van der Waals surface area contributed by atoms with Gasteiger partial charge in [0.05, 0.1) is 33.4 Å². The first kappa shape index (κ1) is 22.9. The number of carbonyl (C=O) groups is 1. The van der Waals surface area contributed by atoms with Crippen molar-refractivity contribution >= 4 is 11.6 Å². The summed E-state index contributed by atoms with van der Waals surface area (Å²) in [5, 5.41) is 3.16. The average Bonchev–Trinajstić information content (AvgIpc) is 2.79. The lowest BCUT2D eigenvalue weighted by atomic mass is 10.0.